The van der Waals surface area contributed by atoms with Crippen LogP contribution in [0.2, 0.25) is 0 Å². The Morgan fingerprint density at radius 1 is 1.19 bits per heavy atom. The number of aliphatic carboxylic acids is 2. The van der Waals surface area contributed by atoms with Crippen LogP contribution in [0.5, 0.6) is 0 Å². The molecule has 0 saturated carbocycles. The molecule has 27 heavy (non-hydrogen) atoms. The Morgan fingerprint density at radius 2 is 1.78 bits per heavy atom. The summed E-state index contributed by atoms with van der Waals surface area (Å²) < 4.78 is 0. The van der Waals surface area contributed by atoms with Gasteiger partial charge in [-0.25, -0.2) is 4.79 Å². The summed E-state index contributed by atoms with van der Waals surface area (Å²) in [6, 6.07) is 3.08. The lowest BCUT2D eigenvalue weighted by atomic mass is 9.76. The number of benzene rings is 1. The highest BCUT2D eigenvalue weighted by molar-refractivity contribution is 6.23. The van der Waals surface area contributed by atoms with Crippen molar-refractivity contribution >= 4 is 29.4 Å². The first-order chi connectivity index (χ1) is 12.6. The van der Waals surface area contributed by atoms with Crippen molar-refractivity contribution in [3.63, 3.8) is 0 Å². The van der Waals surface area contributed by atoms with Gasteiger partial charge in [0.1, 0.15) is 0 Å². The Balaban J connectivity index is 2.65. The molecular formula is C17H18N2O8. The second kappa shape index (κ2) is 7.14. The van der Waals surface area contributed by atoms with E-state index in [2.05, 4.69) is 0 Å². The summed E-state index contributed by atoms with van der Waals surface area (Å²) in [7, 11) is 0. The molecule has 2 atom stereocenters. The minimum atomic E-state index is -2.07. The van der Waals surface area contributed by atoms with Crippen molar-refractivity contribution in [2.24, 2.45) is 5.92 Å². The molecule has 1 aromatic rings. The van der Waals surface area contributed by atoms with E-state index in [-0.39, 0.29) is 24.0 Å². The first-order valence-corrected chi connectivity index (χ1v) is 8.24. The topological polar surface area (TPSA) is 155 Å². The van der Waals surface area contributed by atoms with Crippen molar-refractivity contribution in [3.05, 3.63) is 39.4 Å². The molecule has 10 nitrogen and oxygen atoms in total. The number of nitro groups is 1. The number of imide groups is 1. The van der Waals surface area contributed by atoms with E-state index in [1.807, 2.05) is 0 Å². The number of rotatable bonds is 8. The van der Waals surface area contributed by atoms with Crippen molar-refractivity contribution in [2.45, 2.75) is 38.6 Å². The van der Waals surface area contributed by atoms with Crippen LogP contribution in [0.25, 0.3) is 0 Å². The molecule has 0 radical (unpaired) electrons. The molecule has 0 bridgehead atoms. The zero-order chi connectivity index (χ0) is 20.5. The standard InChI is InChI=1S/C17H18N2O8/c1-3-9(7-13(20)21)17(4-2,16(24)25)18-14(22)11-6-5-10(19(26)27)8-12(11)15(18)23/h5-6,8-9H,3-4,7H2,1-2H3,(H,20,21)(H,24,25)/t9?,17-/m0/s1. The molecule has 0 spiro atoms. The molecule has 2 N–H and O–H groups in total. The molecule has 0 fully saturated rings. The minimum absolute atomic E-state index is 0.0972. The third-order valence-electron chi connectivity index (χ3n) is 4.98. The molecule has 1 aliphatic rings. The van der Waals surface area contributed by atoms with Crippen molar-refractivity contribution in [2.75, 3.05) is 0 Å². The van der Waals surface area contributed by atoms with Crippen LogP contribution in [0, 0.1) is 16.0 Å². The van der Waals surface area contributed by atoms with Crippen LogP contribution < -0.4 is 0 Å². The molecule has 2 amide bonds. The van der Waals surface area contributed by atoms with Gasteiger partial charge in [0.25, 0.3) is 17.5 Å². The summed E-state index contributed by atoms with van der Waals surface area (Å²) in [5.41, 5.74) is -2.89. The van der Waals surface area contributed by atoms with Crippen molar-refractivity contribution in [3.8, 4) is 0 Å². The molecule has 0 saturated heterocycles. The maximum atomic E-state index is 12.9. The summed E-state index contributed by atoms with van der Waals surface area (Å²) in [6.45, 7) is 3.02. The SMILES string of the molecule is CCC(CC(=O)O)[C@@](CC)(C(=O)O)N1C(=O)c2ccc([N+](=O)[O-])cc2C1=O. The average Bonchev–Trinajstić information content (AvgIpc) is 2.86. The molecule has 0 aromatic heterocycles. The maximum Gasteiger partial charge on any atom is 0.330 e. The van der Waals surface area contributed by atoms with E-state index >= 15 is 0 Å². The fraction of sp³-hybridized carbons (Fsp3) is 0.412. The first kappa shape index (κ1) is 20.0. The highest BCUT2D eigenvalue weighted by atomic mass is 16.6. The zero-order valence-electron chi connectivity index (χ0n) is 14.7. The van der Waals surface area contributed by atoms with Gasteiger partial charge in [-0.15, -0.1) is 0 Å². The number of amides is 2. The second-order valence-corrected chi connectivity index (χ2v) is 6.22. The highest BCUT2D eigenvalue weighted by Crippen LogP contribution is 2.40. The first-order valence-electron chi connectivity index (χ1n) is 8.24. The van der Waals surface area contributed by atoms with Crippen LogP contribution in [-0.4, -0.2) is 49.3 Å². The fourth-order valence-electron chi connectivity index (χ4n) is 3.62. The van der Waals surface area contributed by atoms with E-state index < -0.39 is 52.2 Å². The van der Waals surface area contributed by atoms with Gasteiger partial charge in [0.05, 0.1) is 22.5 Å². The fourth-order valence-corrected chi connectivity index (χ4v) is 3.62. The van der Waals surface area contributed by atoms with Crippen LogP contribution in [0.15, 0.2) is 18.2 Å². The van der Waals surface area contributed by atoms with Crippen molar-refractivity contribution < 1.29 is 34.3 Å². The lowest BCUT2D eigenvalue weighted by Gasteiger charge is -2.41. The summed E-state index contributed by atoms with van der Waals surface area (Å²) in [5.74, 6) is -5.67. The lowest BCUT2D eigenvalue weighted by Crippen LogP contribution is -2.61. The molecule has 10 heteroatoms. The number of carboxylic acids is 2. The van der Waals surface area contributed by atoms with E-state index in [1.54, 1.807) is 6.92 Å². The molecule has 2 rings (SSSR count). The Kier molecular flexibility index (Phi) is 5.29. The quantitative estimate of drug-likeness (QED) is 0.395. The molecule has 1 heterocycles. The highest BCUT2D eigenvalue weighted by Gasteiger charge is 2.57. The van der Waals surface area contributed by atoms with Crippen molar-refractivity contribution in [1.82, 2.24) is 4.90 Å². The normalized spacial score (nSPS) is 16.6. The number of carboxylic acid groups (broad SMARTS) is 2. The van der Waals surface area contributed by atoms with Crippen LogP contribution in [0.4, 0.5) is 5.69 Å². The van der Waals surface area contributed by atoms with Crippen LogP contribution in [-0.2, 0) is 9.59 Å². The Hall–Kier alpha value is -3.30. The van der Waals surface area contributed by atoms with Gasteiger partial charge in [-0.3, -0.25) is 29.4 Å². The van der Waals surface area contributed by atoms with Crippen LogP contribution in [0.1, 0.15) is 53.8 Å². The van der Waals surface area contributed by atoms with Crippen LogP contribution >= 0.6 is 0 Å². The van der Waals surface area contributed by atoms with Gasteiger partial charge >= 0.3 is 11.9 Å². The second-order valence-electron chi connectivity index (χ2n) is 6.22. The predicted molar refractivity (Wildman–Crippen MR) is 90.3 cm³/mol. The Labute approximate surface area is 153 Å². The van der Waals surface area contributed by atoms with E-state index in [1.165, 1.54) is 6.92 Å². The number of nitrogens with zero attached hydrogens (tertiary/aromatic N) is 2. The third kappa shape index (κ3) is 3.03. The lowest BCUT2D eigenvalue weighted by molar-refractivity contribution is -0.384. The number of hydrogen-bond donors (Lipinski definition) is 2. The molecule has 1 aliphatic heterocycles. The molecule has 1 aromatic carbocycles. The Morgan fingerprint density at radius 3 is 2.22 bits per heavy atom. The van der Waals surface area contributed by atoms with E-state index in [4.69, 9.17) is 5.11 Å². The van der Waals surface area contributed by atoms with Gasteiger partial charge < -0.3 is 10.2 Å². The number of hydrogen-bond acceptors (Lipinski definition) is 6. The van der Waals surface area contributed by atoms with Gasteiger partial charge in [0.15, 0.2) is 5.54 Å². The number of nitro benzene ring substituents is 1. The van der Waals surface area contributed by atoms with Gasteiger partial charge in [-0.05, 0) is 18.9 Å². The molecular weight excluding hydrogens is 360 g/mol. The minimum Gasteiger partial charge on any atom is -0.481 e. The average molecular weight is 378 g/mol. The monoisotopic (exact) mass is 378 g/mol. The zero-order valence-corrected chi connectivity index (χ0v) is 14.7. The molecule has 0 aliphatic carbocycles. The van der Waals surface area contributed by atoms with Gasteiger partial charge in [0.2, 0.25) is 0 Å². The maximum absolute atomic E-state index is 12.9. The van der Waals surface area contributed by atoms with Crippen molar-refractivity contribution in [1.29, 1.82) is 0 Å². The smallest absolute Gasteiger partial charge is 0.330 e. The van der Waals surface area contributed by atoms with Crippen LogP contribution in [0.3, 0.4) is 0 Å². The summed E-state index contributed by atoms with van der Waals surface area (Å²) in [5, 5.41) is 30.0. The van der Waals surface area contributed by atoms with E-state index in [0.29, 0.717) is 4.90 Å². The number of fused-ring (bicyclic) bond motifs is 1. The largest absolute Gasteiger partial charge is 0.481 e. The summed E-state index contributed by atoms with van der Waals surface area (Å²) in [6.07, 6.45) is -0.661. The molecule has 144 valence electrons. The number of carbonyl (C=O) groups excluding carboxylic acids is 2. The predicted octanol–water partition coefficient (Wildman–Crippen LogP) is 1.93. The summed E-state index contributed by atoms with van der Waals surface area (Å²) >= 11 is 0. The number of non-ortho nitro benzene ring substituents is 1. The van der Waals surface area contributed by atoms with Gasteiger partial charge in [-0.1, -0.05) is 13.8 Å². The van der Waals surface area contributed by atoms with E-state index in [9.17, 15) is 34.4 Å². The third-order valence-corrected chi connectivity index (χ3v) is 4.98. The van der Waals surface area contributed by atoms with Gasteiger partial charge in [0, 0.05) is 18.1 Å². The Bertz CT molecular complexity index is 849. The summed E-state index contributed by atoms with van der Waals surface area (Å²) in [4.78, 5) is 59.9. The number of carbonyl (C=O) groups is 4. The van der Waals surface area contributed by atoms with Gasteiger partial charge in [-0.2, -0.15) is 0 Å². The molecule has 1 unspecified atom stereocenters. The van der Waals surface area contributed by atoms with E-state index in [0.717, 1.165) is 18.2 Å².